The van der Waals surface area contributed by atoms with Crippen molar-refractivity contribution in [3.63, 3.8) is 0 Å². The van der Waals surface area contributed by atoms with E-state index in [0.29, 0.717) is 47.7 Å². The van der Waals surface area contributed by atoms with Crippen molar-refractivity contribution in [2.24, 2.45) is 7.05 Å². The lowest BCUT2D eigenvalue weighted by molar-refractivity contribution is 0.0963. The van der Waals surface area contributed by atoms with Crippen LogP contribution in [0.4, 0.5) is 11.6 Å². The number of ether oxygens (including phenoxy) is 3. The second-order valence-corrected chi connectivity index (χ2v) is 7.84. The minimum atomic E-state index is -0.203. The summed E-state index contributed by atoms with van der Waals surface area (Å²) in [5.74, 6) is 1.05. The summed E-state index contributed by atoms with van der Waals surface area (Å²) in [6.07, 6.45) is 4.30. The molecule has 0 radical (unpaired) electrons. The van der Waals surface area contributed by atoms with Crippen LogP contribution in [0.5, 0.6) is 11.6 Å². The minimum absolute atomic E-state index is 0.0957. The molecule has 0 bridgehead atoms. The van der Waals surface area contributed by atoms with E-state index in [1.165, 1.54) is 7.11 Å². The monoisotopic (exact) mass is 463 g/mol. The van der Waals surface area contributed by atoms with Crippen LogP contribution in [0.25, 0.3) is 22.3 Å². The predicted molar refractivity (Wildman–Crippen MR) is 126 cm³/mol. The number of aromatic amines is 1. The average Bonchev–Trinajstić information content (AvgIpc) is 3.60. The normalized spacial score (nSPS) is 15.4. The molecule has 1 fully saturated rings. The maximum atomic E-state index is 12.0. The zero-order chi connectivity index (χ0) is 23.7. The van der Waals surface area contributed by atoms with Gasteiger partial charge in [-0.2, -0.15) is 15.1 Å². The summed E-state index contributed by atoms with van der Waals surface area (Å²) in [6, 6.07) is 7.03. The number of amides is 1. The largest absolute Gasteiger partial charge is 0.495 e. The van der Waals surface area contributed by atoms with E-state index in [-0.39, 0.29) is 12.0 Å². The minimum Gasteiger partial charge on any atom is -0.495 e. The van der Waals surface area contributed by atoms with Gasteiger partial charge in [-0.25, -0.2) is 0 Å². The van der Waals surface area contributed by atoms with Gasteiger partial charge in [0, 0.05) is 44.0 Å². The maximum absolute atomic E-state index is 12.0. The fraction of sp³-hybridized carbons (Fsp3) is 0.304. The molecule has 0 spiro atoms. The Labute approximate surface area is 195 Å². The molecule has 34 heavy (non-hydrogen) atoms. The van der Waals surface area contributed by atoms with E-state index >= 15 is 0 Å². The maximum Gasteiger partial charge on any atom is 0.251 e. The van der Waals surface area contributed by atoms with Crippen LogP contribution in [-0.2, 0) is 11.8 Å². The summed E-state index contributed by atoms with van der Waals surface area (Å²) in [4.78, 5) is 24.6. The van der Waals surface area contributed by atoms with E-state index in [9.17, 15) is 4.79 Å². The lowest BCUT2D eigenvalue weighted by Crippen LogP contribution is -2.18. The number of rotatable bonds is 7. The lowest BCUT2D eigenvalue weighted by Gasteiger charge is -2.15. The van der Waals surface area contributed by atoms with Crippen molar-refractivity contribution < 1.29 is 19.0 Å². The number of aryl methyl sites for hydroxylation is 1. The summed E-state index contributed by atoms with van der Waals surface area (Å²) in [7, 11) is 5.00. The number of hydrogen-bond acceptors (Lipinski definition) is 8. The predicted octanol–water partition coefficient (Wildman–Crippen LogP) is 2.64. The highest BCUT2D eigenvalue weighted by Gasteiger charge is 2.24. The van der Waals surface area contributed by atoms with Crippen LogP contribution in [-0.4, -0.2) is 64.1 Å². The molecule has 3 aromatic heterocycles. The van der Waals surface area contributed by atoms with E-state index in [0.717, 1.165) is 23.1 Å². The Balaban J connectivity index is 1.56. The van der Waals surface area contributed by atoms with Crippen LogP contribution in [0, 0.1) is 0 Å². The number of carbonyl (C=O) groups excluding carboxylic acids is 1. The Hall–Kier alpha value is -4.12. The standard InChI is InChI=1S/C23H25N7O4/c1-24-21(31)13-4-5-16(18(10-13)32-3)27-23-28-20-19(22(29-23)34-14-7-9-33-12-14)15(11-25-20)17-6-8-26-30(17)2/h4-6,8,10-11,14H,7,9,12H2,1-3H3,(H,24,31)(H2,25,27,28,29)/t14-/m0/s1. The summed E-state index contributed by atoms with van der Waals surface area (Å²) in [5, 5.41) is 10.8. The summed E-state index contributed by atoms with van der Waals surface area (Å²) in [6.45, 7) is 1.16. The smallest absolute Gasteiger partial charge is 0.251 e. The number of methoxy groups -OCH3 is 1. The first-order valence-corrected chi connectivity index (χ1v) is 10.9. The molecule has 11 heteroatoms. The number of aromatic nitrogens is 5. The van der Waals surface area contributed by atoms with Gasteiger partial charge in [0.25, 0.3) is 5.91 Å². The SMILES string of the molecule is CNC(=O)c1ccc(Nc2nc(O[C@H]3CCOC3)c3c(-c4ccnn4C)c[nH]c3n2)c(OC)c1. The molecule has 11 nitrogen and oxygen atoms in total. The van der Waals surface area contributed by atoms with Crippen LogP contribution in [0.1, 0.15) is 16.8 Å². The molecule has 5 rings (SSSR count). The number of fused-ring (bicyclic) bond motifs is 1. The van der Waals surface area contributed by atoms with Crippen LogP contribution in [0.3, 0.4) is 0 Å². The van der Waals surface area contributed by atoms with Gasteiger partial charge in [0.1, 0.15) is 17.5 Å². The molecule has 4 heterocycles. The highest BCUT2D eigenvalue weighted by Crippen LogP contribution is 2.36. The molecule has 1 saturated heterocycles. The Kier molecular flexibility index (Phi) is 5.76. The molecule has 0 aliphatic carbocycles. The van der Waals surface area contributed by atoms with Crippen molar-refractivity contribution >= 4 is 28.6 Å². The zero-order valence-corrected chi connectivity index (χ0v) is 19.1. The summed E-state index contributed by atoms with van der Waals surface area (Å²) < 4.78 is 19.0. The Bertz CT molecular complexity index is 1340. The first-order valence-electron chi connectivity index (χ1n) is 10.9. The molecule has 1 aliphatic rings. The summed E-state index contributed by atoms with van der Waals surface area (Å²) in [5.41, 5.74) is 3.51. The molecule has 176 valence electrons. The Morgan fingerprint density at radius 1 is 1.29 bits per heavy atom. The molecule has 1 atom stereocenters. The van der Waals surface area contributed by atoms with Gasteiger partial charge in [-0.05, 0) is 24.3 Å². The van der Waals surface area contributed by atoms with Gasteiger partial charge in [0.2, 0.25) is 11.8 Å². The second-order valence-electron chi connectivity index (χ2n) is 7.84. The molecular weight excluding hydrogens is 438 g/mol. The van der Waals surface area contributed by atoms with Crippen molar-refractivity contribution in [3.8, 4) is 22.9 Å². The van der Waals surface area contributed by atoms with E-state index in [1.807, 2.05) is 19.3 Å². The average molecular weight is 463 g/mol. The van der Waals surface area contributed by atoms with Gasteiger partial charge in [-0.3, -0.25) is 9.48 Å². The second kappa shape index (κ2) is 9.02. The van der Waals surface area contributed by atoms with Crippen LogP contribution in [0.2, 0.25) is 0 Å². The fourth-order valence-corrected chi connectivity index (χ4v) is 3.95. The molecule has 0 saturated carbocycles. The highest BCUT2D eigenvalue weighted by atomic mass is 16.5. The molecule has 3 N–H and O–H groups in total. The number of anilines is 2. The third-order valence-corrected chi connectivity index (χ3v) is 5.70. The quantitative estimate of drug-likeness (QED) is 0.382. The van der Waals surface area contributed by atoms with E-state index < -0.39 is 0 Å². The van der Waals surface area contributed by atoms with Gasteiger partial charge in [-0.15, -0.1) is 0 Å². The van der Waals surface area contributed by atoms with Gasteiger partial charge < -0.3 is 29.8 Å². The van der Waals surface area contributed by atoms with Crippen LogP contribution in [0.15, 0.2) is 36.7 Å². The Morgan fingerprint density at radius 2 is 2.18 bits per heavy atom. The molecular formula is C23H25N7O4. The number of H-pyrrole nitrogens is 1. The molecule has 1 aromatic carbocycles. The number of nitrogens with zero attached hydrogens (tertiary/aromatic N) is 4. The zero-order valence-electron chi connectivity index (χ0n) is 19.1. The van der Waals surface area contributed by atoms with E-state index in [2.05, 4.69) is 25.7 Å². The van der Waals surface area contributed by atoms with Crippen LogP contribution >= 0.6 is 0 Å². The number of benzene rings is 1. The molecule has 4 aromatic rings. The number of carbonyl (C=O) groups is 1. The van der Waals surface area contributed by atoms with Gasteiger partial charge >= 0.3 is 0 Å². The number of hydrogen-bond donors (Lipinski definition) is 3. The summed E-state index contributed by atoms with van der Waals surface area (Å²) >= 11 is 0. The van der Waals surface area contributed by atoms with Crippen molar-refractivity contribution in [1.29, 1.82) is 0 Å². The van der Waals surface area contributed by atoms with Gasteiger partial charge in [0.05, 0.1) is 37.1 Å². The third kappa shape index (κ3) is 4.01. The fourth-order valence-electron chi connectivity index (χ4n) is 3.95. The van der Waals surface area contributed by atoms with Crippen molar-refractivity contribution in [2.45, 2.75) is 12.5 Å². The van der Waals surface area contributed by atoms with Crippen molar-refractivity contribution in [2.75, 3.05) is 32.7 Å². The number of nitrogens with one attached hydrogen (secondary N) is 3. The van der Waals surface area contributed by atoms with Crippen LogP contribution < -0.4 is 20.1 Å². The molecule has 1 aliphatic heterocycles. The Morgan fingerprint density at radius 3 is 2.88 bits per heavy atom. The van der Waals surface area contributed by atoms with E-state index in [1.54, 1.807) is 36.1 Å². The topological polar surface area (TPSA) is 128 Å². The van der Waals surface area contributed by atoms with E-state index in [4.69, 9.17) is 19.2 Å². The highest BCUT2D eigenvalue weighted by molar-refractivity contribution is 5.97. The molecule has 0 unspecified atom stereocenters. The third-order valence-electron chi connectivity index (χ3n) is 5.70. The van der Waals surface area contributed by atoms with Crippen molar-refractivity contribution in [1.82, 2.24) is 30.0 Å². The van der Waals surface area contributed by atoms with Gasteiger partial charge in [-0.1, -0.05) is 0 Å². The van der Waals surface area contributed by atoms with Crippen molar-refractivity contribution in [3.05, 3.63) is 42.2 Å². The van der Waals surface area contributed by atoms with Gasteiger partial charge in [0.15, 0.2) is 0 Å². The molecule has 1 amide bonds. The first kappa shape index (κ1) is 21.7. The lowest BCUT2D eigenvalue weighted by atomic mass is 10.1. The first-order chi connectivity index (χ1) is 16.6.